The molecule has 14 heavy (non-hydrogen) atoms. The summed E-state index contributed by atoms with van der Waals surface area (Å²) < 4.78 is 0. The number of unbranched alkanes of at least 4 members (excludes halogenated alkanes) is 3. The summed E-state index contributed by atoms with van der Waals surface area (Å²) in [6, 6.07) is 0. The van der Waals surface area contributed by atoms with Crippen molar-refractivity contribution in [3.8, 4) is 0 Å². The van der Waals surface area contributed by atoms with Crippen LogP contribution in [0.15, 0.2) is 12.2 Å². The number of hydrogen-bond acceptors (Lipinski definition) is 0. The topological polar surface area (TPSA) is 0 Å². The first kappa shape index (κ1) is 16.2. The van der Waals surface area contributed by atoms with Crippen molar-refractivity contribution in [2.24, 2.45) is 5.92 Å². The Hall–Kier alpha value is -0.260. The molecule has 0 fully saturated rings. The minimum Gasteiger partial charge on any atom is -0.0996 e. The van der Waals surface area contributed by atoms with E-state index in [1.165, 1.54) is 44.1 Å². The van der Waals surface area contributed by atoms with Crippen LogP contribution in [0.5, 0.6) is 0 Å². The summed E-state index contributed by atoms with van der Waals surface area (Å²) in [6.07, 6.45) is 7.96. The molecule has 0 spiro atoms. The summed E-state index contributed by atoms with van der Waals surface area (Å²) in [5.74, 6) is 0.676. The molecule has 0 aromatic heterocycles. The van der Waals surface area contributed by atoms with E-state index in [0.29, 0.717) is 5.92 Å². The lowest BCUT2D eigenvalue weighted by molar-refractivity contribution is 0.702. The van der Waals surface area contributed by atoms with E-state index in [-0.39, 0.29) is 0 Å². The molecular weight excluding hydrogens is 168 g/mol. The standard InChI is InChI=1S/C8H16.C6H14/c1-5-6-8(4)7(2)3;1-3-5-6-4-2/h7H,4-6H2,1-3H3;3-6H2,1-2H3. The van der Waals surface area contributed by atoms with Gasteiger partial charge in [0.15, 0.2) is 0 Å². The highest BCUT2D eigenvalue weighted by molar-refractivity contribution is 4.96. The normalized spacial score (nSPS) is 9.57. The van der Waals surface area contributed by atoms with Crippen LogP contribution in [0.2, 0.25) is 0 Å². The van der Waals surface area contributed by atoms with Crippen LogP contribution < -0.4 is 0 Å². The first-order valence-electron chi connectivity index (χ1n) is 6.27. The molecule has 0 amide bonds. The lowest BCUT2D eigenvalue weighted by Gasteiger charge is -2.05. The Morgan fingerprint density at radius 1 is 0.929 bits per heavy atom. The van der Waals surface area contributed by atoms with Gasteiger partial charge in [-0.1, -0.05) is 78.9 Å². The highest BCUT2D eigenvalue weighted by Gasteiger charge is 1.95. The second-order valence-electron chi connectivity index (χ2n) is 4.27. The number of rotatable bonds is 6. The Labute approximate surface area is 91.8 Å². The van der Waals surface area contributed by atoms with Gasteiger partial charge in [-0.3, -0.25) is 0 Å². The smallest absolute Gasteiger partial charge is 0.0263 e. The quantitative estimate of drug-likeness (QED) is 0.386. The van der Waals surface area contributed by atoms with Gasteiger partial charge in [-0.25, -0.2) is 0 Å². The largest absolute Gasteiger partial charge is 0.0996 e. The molecule has 0 atom stereocenters. The molecule has 0 N–H and O–H groups in total. The Bertz CT molecular complexity index is 107. The van der Waals surface area contributed by atoms with Crippen molar-refractivity contribution < 1.29 is 0 Å². The van der Waals surface area contributed by atoms with Crippen molar-refractivity contribution in [1.82, 2.24) is 0 Å². The molecule has 0 bridgehead atoms. The third-order valence-electron chi connectivity index (χ3n) is 2.34. The zero-order valence-electron chi connectivity index (χ0n) is 11.0. The molecule has 0 heteroatoms. The van der Waals surface area contributed by atoms with Gasteiger partial charge in [0.05, 0.1) is 0 Å². The van der Waals surface area contributed by atoms with Crippen LogP contribution in [0, 0.1) is 5.92 Å². The maximum Gasteiger partial charge on any atom is -0.0263 e. The van der Waals surface area contributed by atoms with E-state index in [1.807, 2.05) is 0 Å². The van der Waals surface area contributed by atoms with Crippen LogP contribution in [0.25, 0.3) is 0 Å². The Balaban J connectivity index is 0. The van der Waals surface area contributed by atoms with Crippen LogP contribution in [-0.4, -0.2) is 0 Å². The molecule has 0 aliphatic rings. The average molecular weight is 198 g/mol. The van der Waals surface area contributed by atoms with Crippen molar-refractivity contribution in [2.45, 2.75) is 73.1 Å². The first-order chi connectivity index (χ1) is 6.59. The highest BCUT2D eigenvalue weighted by atomic mass is 14.0. The van der Waals surface area contributed by atoms with Crippen LogP contribution in [0.3, 0.4) is 0 Å². The zero-order valence-corrected chi connectivity index (χ0v) is 11.0. The fourth-order valence-electron chi connectivity index (χ4n) is 1.11. The van der Waals surface area contributed by atoms with Crippen molar-refractivity contribution in [3.05, 3.63) is 12.2 Å². The molecule has 0 nitrogen and oxygen atoms in total. The third kappa shape index (κ3) is 14.3. The van der Waals surface area contributed by atoms with Gasteiger partial charge in [-0.05, 0) is 12.3 Å². The van der Waals surface area contributed by atoms with E-state index >= 15 is 0 Å². The number of allylic oxidation sites excluding steroid dienone is 1. The lowest BCUT2D eigenvalue weighted by Crippen LogP contribution is -1.90. The van der Waals surface area contributed by atoms with Gasteiger partial charge in [-0.15, -0.1) is 0 Å². The molecule has 0 unspecified atom stereocenters. The van der Waals surface area contributed by atoms with Crippen LogP contribution >= 0.6 is 0 Å². The molecule has 0 saturated carbocycles. The van der Waals surface area contributed by atoms with Crippen molar-refractivity contribution in [1.29, 1.82) is 0 Å². The van der Waals surface area contributed by atoms with Gasteiger partial charge >= 0.3 is 0 Å². The summed E-state index contributed by atoms with van der Waals surface area (Å²) in [4.78, 5) is 0. The van der Waals surface area contributed by atoms with Crippen molar-refractivity contribution in [3.63, 3.8) is 0 Å². The fourth-order valence-corrected chi connectivity index (χ4v) is 1.11. The summed E-state index contributed by atoms with van der Waals surface area (Å²) in [6.45, 7) is 15.0. The molecule has 0 aliphatic heterocycles. The molecule has 0 saturated heterocycles. The molecule has 0 heterocycles. The Morgan fingerprint density at radius 3 is 1.50 bits per heavy atom. The highest BCUT2D eigenvalue weighted by Crippen LogP contribution is 2.11. The van der Waals surface area contributed by atoms with E-state index in [2.05, 4.69) is 41.2 Å². The molecule has 86 valence electrons. The van der Waals surface area contributed by atoms with Crippen LogP contribution in [0.4, 0.5) is 0 Å². The van der Waals surface area contributed by atoms with Gasteiger partial charge < -0.3 is 0 Å². The minimum absolute atomic E-state index is 0.676. The minimum atomic E-state index is 0.676. The fraction of sp³-hybridized carbons (Fsp3) is 0.857. The maximum atomic E-state index is 3.94. The SMILES string of the molecule is C=C(CCC)C(C)C.CCCCCC. The van der Waals surface area contributed by atoms with Gasteiger partial charge in [0.1, 0.15) is 0 Å². The third-order valence-corrected chi connectivity index (χ3v) is 2.34. The van der Waals surface area contributed by atoms with Gasteiger partial charge in [0.25, 0.3) is 0 Å². The molecule has 0 rings (SSSR count). The number of hydrogen-bond donors (Lipinski definition) is 0. The molecular formula is C14H30. The molecule has 0 aliphatic carbocycles. The van der Waals surface area contributed by atoms with Crippen LogP contribution in [-0.2, 0) is 0 Å². The van der Waals surface area contributed by atoms with Crippen LogP contribution in [0.1, 0.15) is 73.1 Å². The molecule has 0 radical (unpaired) electrons. The van der Waals surface area contributed by atoms with Gasteiger partial charge in [0.2, 0.25) is 0 Å². The Kier molecular flexibility index (Phi) is 14.7. The van der Waals surface area contributed by atoms with Gasteiger partial charge in [0, 0.05) is 0 Å². The average Bonchev–Trinajstić information content (AvgIpc) is 2.16. The predicted molar refractivity (Wildman–Crippen MR) is 68.7 cm³/mol. The lowest BCUT2D eigenvalue weighted by atomic mass is 10.0. The zero-order chi connectivity index (χ0) is 11.4. The summed E-state index contributed by atoms with van der Waals surface area (Å²) in [5, 5.41) is 0. The maximum absolute atomic E-state index is 3.94. The molecule has 0 aromatic rings. The summed E-state index contributed by atoms with van der Waals surface area (Å²) in [5.41, 5.74) is 1.38. The van der Waals surface area contributed by atoms with E-state index in [9.17, 15) is 0 Å². The summed E-state index contributed by atoms with van der Waals surface area (Å²) >= 11 is 0. The van der Waals surface area contributed by atoms with Crippen molar-refractivity contribution >= 4 is 0 Å². The monoisotopic (exact) mass is 198 g/mol. The second kappa shape index (κ2) is 12.7. The van der Waals surface area contributed by atoms with E-state index in [0.717, 1.165) is 0 Å². The van der Waals surface area contributed by atoms with E-state index in [1.54, 1.807) is 0 Å². The van der Waals surface area contributed by atoms with E-state index < -0.39 is 0 Å². The predicted octanol–water partition coefficient (Wildman–Crippen LogP) is 5.59. The van der Waals surface area contributed by atoms with Gasteiger partial charge in [-0.2, -0.15) is 0 Å². The second-order valence-corrected chi connectivity index (χ2v) is 4.27. The first-order valence-corrected chi connectivity index (χ1v) is 6.27. The Morgan fingerprint density at radius 2 is 1.36 bits per heavy atom. The van der Waals surface area contributed by atoms with Crippen molar-refractivity contribution in [2.75, 3.05) is 0 Å². The van der Waals surface area contributed by atoms with E-state index in [4.69, 9.17) is 0 Å². The molecule has 0 aromatic carbocycles. The summed E-state index contributed by atoms with van der Waals surface area (Å²) in [7, 11) is 0.